The van der Waals surface area contributed by atoms with E-state index in [0.29, 0.717) is 0 Å². The summed E-state index contributed by atoms with van der Waals surface area (Å²) in [7, 11) is -8.07. The first-order valence-corrected chi connectivity index (χ1v) is 12.2. The summed E-state index contributed by atoms with van der Waals surface area (Å²) in [6, 6.07) is 17.8. The molecular formula is C18H12Br2N2O4S2-2. The first-order valence-electron chi connectivity index (χ1n) is 7.74. The zero-order valence-electron chi connectivity index (χ0n) is 14.0. The van der Waals surface area contributed by atoms with E-state index in [9.17, 15) is 16.8 Å². The van der Waals surface area contributed by atoms with Crippen LogP contribution in [-0.2, 0) is 20.0 Å². The number of halogens is 2. The Bertz CT molecular complexity index is 1100. The molecule has 0 spiro atoms. The molecule has 0 amide bonds. The molecule has 146 valence electrons. The third kappa shape index (κ3) is 4.93. The van der Waals surface area contributed by atoms with Crippen LogP contribution in [0.25, 0.3) is 9.44 Å². The van der Waals surface area contributed by atoms with Crippen molar-refractivity contribution in [2.45, 2.75) is 9.79 Å². The minimum absolute atomic E-state index is 0.0127. The molecule has 0 fully saturated rings. The van der Waals surface area contributed by atoms with E-state index in [1.165, 1.54) is 36.4 Å². The quantitative estimate of drug-likeness (QED) is 0.380. The smallest absolute Gasteiger partial charge is 0.123 e. The van der Waals surface area contributed by atoms with Gasteiger partial charge in [-0.3, -0.25) is 0 Å². The fraction of sp³-hybridized carbons (Fsp3) is 0. The first kappa shape index (κ1) is 20.8. The van der Waals surface area contributed by atoms with Crippen LogP contribution in [0.4, 0.5) is 11.4 Å². The molecule has 0 aliphatic heterocycles. The second-order valence-electron chi connectivity index (χ2n) is 5.53. The molecule has 3 rings (SSSR count). The molecule has 0 saturated heterocycles. The van der Waals surface area contributed by atoms with Gasteiger partial charge in [0.05, 0.1) is 9.79 Å². The molecule has 0 saturated carbocycles. The molecule has 0 radical (unpaired) electrons. The van der Waals surface area contributed by atoms with Gasteiger partial charge in [0.25, 0.3) is 0 Å². The van der Waals surface area contributed by atoms with Crippen LogP contribution in [0.15, 0.2) is 91.5 Å². The molecule has 0 atom stereocenters. The molecule has 0 unspecified atom stereocenters. The van der Waals surface area contributed by atoms with E-state index in [1.54, 1.807) is 36.4 Å². The lowest BCUT2D eigenvalue weighted by Gasteiger charge is -2.32. The lowest BCUT2D eigenvalue weighted by atomic mass is 10.3. The van der Waals surface area contributed by atoms with E-state index < -0.39 is 20.0 Å². The Labute approximate surface area is 180 Å². The Kier molecular flexibility index (Phi) is 6.13. The van der Waals surface area contributed by atoms with Crippen molar-refractivity contribution in [3.05, 3.63) is 91.2 Å². The van der Waals surface area contributed by atoms with Crippen molar-refractivity contribution in [2.75, 3.05) is 0 Å². The molecule has 28 heavy (non-hydrogen) atoms. The van der Waals surface area contributed by atoms with Gasteiger partial charge in [0, 0.05) is 8.95 Å². The van der Waals surface area contributed by atoms with Crippen molar-refractivity contribution in [1.29, 1.82) is 0 Å². The van der Waals surface area contributed by atoms with Crippen LogP contribution in [-0.4, -0.2) is 16.8 Å². The van der Waals surface area contributed by atoms with Gasteiger partial charge in [-0.1, -0.05) is 56.1 Å². The number of rotatable bonds is 6. The summed E-state index contributed by atoms with van der Waals surface area (Å²) < 4.78 is 59.2. The second kappa shape index (κ2) is 8.24. The van der Waals surface area contributed by atoms with Crippen molar-refractivity contribution in [3.63, 3.8) is 0 Å². The van der Waals surface area contributed by atoms with Crippen LogP contribution in [0.5, 0.6) is 0 Å². The van der Waals surface area contributed by atoms with Gasteiger partial charge in [-0.15, -0.1) is 11.4 Å². The molecule has 10 heteroatoms. The van der Waals surface area contributed by atoms with E-state index in [4.69, 9.17) is 0 Å². The van der Waals surface area contributed by atoms with Crippen molar-refractivity contribution in [2.24, 2.45) is 0 Å². The lowest BCUT2D eigenvalue weighted by Crippen LogP contribution is -2.00. The summed E-state index contributed by atoms with van der Waals surface area (Å²) in [6.07, 6.45) is 0. The maximum atomic E-state index is 12.6. The maximum absolute atomic E-state index is 12.6. The number of hydrogen-bond acceptors (Lipinski definition) is 4. The molecule has 0 heterocycles. The standard InChI is InChI=1S/C18H12Br2N2O4S2/c19-13-5-9-15(10-6-13)27(23,24)21-17-3-1-2-4-18(17)22-28(25,26)16-11-7-14(20)8-12-16/h1-12H/q-2. The minimum atomic E-state index is -4.04. The fourth-order valence-corrected chi connectivity index (χ4v) is 4.72. The molecule has 0 aliphatic carbocycles. The Hall–Kier alpha value is -1.88. The second-order valence-corrected chi connectivity index (χ2v) is 10.6. The third-order valence-corrected chi connectivity index (χ3v) is 7.21. The van der Waals surface area contributed by atoms with Crippen LogP contribution in [0, 0.1) is 0 Å². The largest absolute Gasteiger partial charge is 0.574 e. The van der Waals surface area contributed by atoms with E-state index in [-0.39, 0.29) is 21.2 Å². The molecule has 6 nitrogen and oxygen atoms in total. The number of nitrogens with zero attached hydrogens (tertiary/aromatic N) is 2. The molecule has 0 N–H and O–H groups in total. The number of benzene rings is 3. The van der Waals surface area contributed by atoms with Crippen LogP contribution in [0.2, 0.25) is 0 Å². The van der Waals surface area contributed by atoms with Gasteiger partial charge in [0.15, 0.2) is 0 Å². The minimum Gasteiger partial charge on any atom is -0.574 e. The van der Waals surface area contributed by atoms with Gasteiger partial charge in [-0.05, 0) is 48.5 Å². The Morgan fingerprint density at radius 3 is 1.18 bits per heavy atom. The van der Waals surface area contributed by atoms with Crippen LogP contribution in [0.1, 0.15) is 0 Å². The van der Waals surface area contributed by atoms with Gasteiger partial charge >= 0.3 is 0 Å². The lowest BCUT2D eigenvalue weighted by molar-refractivity contribution is 0.601. The zero-order chi connectivity index (χ0) is 20.4. The maximum Gasteiger partial charge on any atom is 0.123 e. The normalized spacial score (nSPS) is 11.8. The predicted molar refractivity (Wildman–Crippen MR) is 115 cm³/mol. The Balaban J connectivity index is 1.91. The SMILES string of the molecule is O=S(=O)([N-]c1ccccc1[N-]S(=O)(=O)c1ccc(Br)cc1)c1ccc(Br)cc1. The fourth-order valence-electron chi connectivity index (χ4n) is 2.20. The highest BCUT2D eigenvalue weighted by Gasteiger charge is 2.07. The number of sulfonamides is 2. The molecule has 3 aromatic rings. The van der Waals surface area contributed by atoms with Crippen LogP contribution >= 0.6 is 31.9 Å². The summed E-state index contributed by atoms with van der Waals surface area (Å²) in [5.41, 5.74) is -0.128. The highest BCUT2D eigenvalue weighted by molar-refractivity contribution is 9.10. The van der Waals surface area contributed by atoms with Crippen molar-refractivity contribution < 1.29 is 16.8 Å². The van der Waals surface area contributed by atoms with E-state index >= 15 is 0 Å². The average Bonchev–Trinajstić information content (AvgIpc) is 2.64. The monoisotopic (exact) mass is 542 g/mol. The summed E-state index contributed by atoms with van der Waals surface area (Å²) in [4.78, 5) is -0.0254. The molecule has 3 aromatic carbocycles. The molecule has 0 bridgehead atoms. The Morgan fingerprint density at radius 1 is 0.536 bits per heavy atom. The summed E-state index contributed by atoms with van der Waals surface area (Å²) >= 11 is 6.48. The van der Waals surface area contributed by atoms with E-state index in [2.05, 4.69) is 41.3 Å². The van der Waals surface area contributed by atoms with Crippen molar-refractivity contribution in [1.82, 2.24) is 0 Å². The molecule has 0 aromatic heterocycles. The van der Waals surface area contributed by atoms with E-state index in [1.807, 2.05) is 0 Å². The number of hydrogen-bond donors (Lipinski definition) is 0. The highest BCUT2D eigenvalue weighted by Crippen LogP contribution is 2.41. The topological polar surface area (TPSA) is 96.5 Å². The highest BCUT2D eigenvalue weighted by atomic mass is 79.9. The zero-order valence-corrected chi connectivity index (χ0v) is 18.8. The van der Waals surface area contributed by atoms with Crippen molar-refractivity contribution >= 4 is 63.3 Å². The van der Waals surface area contributed by atoms with Gasteiger partial charge in [-0.25, -0.2) is 16.8 Å². The molecular weight excluding hydrogens is 532 g/mol. The van der Waals surface area contributed by atoms with Gasteiger partial charge in [0.1, 0.15) is 20.0 Å². The average molecular weight is 544 g/mol. The predicted octanol–water partition coefficient (Wildman–Crippen LogP) is 6.00. The van der Waals surface area contributed by atoms with Crippen LogP contribution < -0.4 is 0 Å². The van der Waals surface area contributed by atoms with E-state index in [0.717, 1.165) is 8.95 Å². The van der Waals surface area contributed by atoms with Gasteiger partial charge < -0.3 is 9.44 Å². The van der Waals surface area contributed by atoms with Crippen molar-refractivity contribution in [3.8, 4) is 0 Å². The summed E-state index contributed by atoms with van der Waals surface area (Å²) in [5.74, 6) is 0. The van der Waals surface area contributed by atoms with Gasteiger partial charge in [-0.2, -0.15) is 0 Å². The van der Waals surface area contributed by atoms with Crippen LogP contribution in [0.3, 0.4) is 0 Å². The summed E-state index contributed by atoms with van der Waals surface area (Å²) in [5, 5.41) is 0. The first-order chi connectivity index (χ1) is 13.2. The van der Waals surface area contributed by atoms with Gasteiger partial charge in [0.2, 0.25) is 0 Å². The molecule has 0 aliphatic rings. The third-order valence-electron chi connectivity index (χ3n) is 3.54. The Morgan fingerprint density at radius 2 is 0.857 bits per heavy atom. The summed E-state index contributed by atoms with van der Waals surface area (Å²) in [6.45, 7) is 0.